The van der Waals surface area contributed by atoms with Gasteiger partial charge in [0.1, 0.15) is 11.5 Å². The summed E-state index contributed by atoms with van der Waals surface area (Å²) in [4.78, 5) is 11.5. The maximum atomic E-state index is 11.5. The second-order valence-corrected chi connectivity index (χ2v) is 5.57. The highest BCUT2D eigenvalue weighted by atomic mass is 16.5. The van der Waals surface area contributed by atoms with Crippen LogP contribution in [0.4, 0.5) is 0 Å². The van der Waals surface area contributed by atoms with Crippen molar-refractivity contribution >= 4 is 5.97 Å². The van der Waals surface area contributed by atoms with Crippen LogP contribution in [0.5, 0.6) is 11.5 Å². The van der Waals surface area contributed by atoms with E-state index >= 15 is 0 Å². The van der Waals surface area contributed by atoms with Crippen molar-refractivity contribution in [1.82, 2.24) is 0 Å². The Morgan fingerprint density at radius 3 is 2.39 bits per heavy atom. The van der Waals surface area contributed by atoms with E-state index in [4.69, 9.17) is 9.47 Å². The summed E-state index contributed by atoms with van der Waals surface area (Å²) in [6.07, 6.45) is 0.412. The first kappa shape index (κ1) is 16.9. The molecule has 2 aromatic rings. The summed E-state index contributed by atoms with van der Waals surface area (Å²) in [7, 11) is 1.58. The monoisotopic (exact) mass is 314 g/mol. The van der Waals surface area contributed by atoms with Gasteiger partial charge in [-0.1, -0.05) is 29.8 Å². The number of aliphatic carboxylic acids is 1. The Morgan fingerprint density at radius 1 is 1.13 bits per heavy atom. The molecule has 0 fully saturated rings. The summed E-state index contributed by atoms with van der Waals surface area (Å²) in [6.45, 7) is 4.37. The lowest BCUT2D eigenvalue weighted by Crippen LogP contribution is -2.15. The highest BCUT2D eigenvalue weighted by molar-refractivity contribution is 5.76. The van der Waals surface area contributed by atoms with Crippen molar-refractivity contribution in [3.8, 4) is 11.5 Å². The molecule has 0 aliphatic rings. The van der Waals surface area contributed by atoms with E-state index in [1.165, 1.54) is 5.56 Å². The van der Waals surface area contributed by atoms with Gasteiger partial charge < -0.3 is 14.6 Å². The smallest absolute Gasteiger partial charge is 0.311 e. The molecule has 1 unspecified atom stereocenters. The second-order valence-electron chi connectivity index (χ2n) is 5.57. The van der Waals surface area contributed by atoms with Gasteiger partial charge in [-0.25, -0.2) is 0 Å². The third-order valence-corrected chi connectivity index (χ3v) is 3.81. The van der Waals surface area contributed by atoms with Gasteiger partial charge in [0.05, 0.1) is 19.6 Å². The van der Waals surface area contributed by atoms with Gasteiger partial charge in [0.25, 0.3) is 0 Å². The van der Waals surface area contributed by atoms with Gasteiger partial charge in [-0.2, -0.15) is 0 Å². The van der Waals surface area contributed by atoms with Crippen LogP contribution in [-0.2, 0) is 4.79 Å². The summed E-state index contributed by atoms with van der Waals surface area (Å²) in [5.74, 6) is 0.0740. The number of hydrogen-bond acceptors (Lipinski definition) is 3. The minimum Gasteiger partial charge on any atom is -0.497 e. The molecule has 0 aliphatic carbocycles. The number of carboxylic acid groups (broad SMARTS) is 1. The topological polar surface area (TPSA) is 55.8 Å². The molecule has 2 rings (SSSR count). The fraction of sp³-hybridized carbons (Fsp3) is 0.316. The molecule has 0 saturated carbocycles. The number of rotatable bonds is 7. The van der Waals surface area contributed by atoms with Gasteiger partial charge in [-0.3, -0.25) is 4.79 Å². The standard InChI is InChI=1S/C19H22O4/c1-13-4-9-18(14(2)12-13)23-11-10-17(19(20)21)15-5-7-16(22-3)8-6-15/h4-9,12,17H,10-11H2,1-3H3,(H,20,21). The average molecular weight is 314 g/mol. The van der Waals surface area contributed by atoms with Crippen molar-refractivity contribution < 1.29 is 19.4 Å². The average Bonchev–Trinajstić information content (AvgIpc) is 2.53. The molecule has 2 aromatic carbocycles. The molecular weight excluding hydrogens is 292 g/mol. The molecular formula is C19H22O4. The van der Waals surface area contributed by atoms with Gasteiger partial charge in [0.2, 0.25) is 0 Å². The molecule has 0 amide bonds. The fourth-order valence-electron chi connectivity index (χ4n) is 2.52. The Hall–Kier alpha value is -2.49. The van der Waals surface area contributed by atoms with Gasteiger partial charge >= 0.3 is 5.97 Å². The zero-order valence-corrected chi connectivity index (χ0v) is 13.7. The molecule has 0 spiro atoms. The quantitative estimate of drug-likeness (QED) is 0.840. The molecule has 0 aliphatic heterocycles. The van der Waals surface area contributed by atoms with Crippen LogP contribution in [0.25, 0.3) is 0 Å². The molecule has 122 valence electrons. The third kappa shape index (κ3) is 4.49. The zero-order valence-electron chi connectivity index (χ0n) is 13.7. The van der Waals surface area contributed by atoms with E-state index in [2.05, 4.69) is 0 Å². The maximum absolute atomic E-state index is 11.5. The molecule has 4 heteroatoms. The van der Waals surface area contributed by atoms with Crippen LogP contribution in [0, 0.1) is 13.8 Å². The largest absolute Gasteiger partial charge is 0.497 e. The van der Waals surface area contributed by atoms with Crippen molar-refractivity contribution in [2.24, 2.45) is 0 Å². The van der Waals surface area contributed by atoms with Crippen LogP contribution in [-0.4, -0.2) is 24.8 Å². The van der Waals surface area contributed by atoms with E-state index in [9.17, 15) is 9.90 Å². The summed E-state index contributed by atoms with van der Waals surface area (Å²) in [5, 5.41) is 9.45. The van der Waals surface area contributed by atoms with Crippen LogP contribution in [0.15, 0.2) is 42.5 Å². The Balaban J connectivity index is 2.00. The van der Waals surface area contributed by atoms with E-state index in [1.807, 2.05) is 32.0 Å². The zero-order chi connectivity index (χ0) is 16.8. The normalized spacial score (nSPS) is 11.8. The molecule has 1 atom stereocenters. The molecule has 4 nitrogen and oxygen atoms in total. The highest BCUT2D eigenvalue weighted by Gasteiger charge is 2.20. The molecule has 1 N–H and O–H groups in total. The molecule has 0 bridgehead atoms. The number of carboxylic acids is 1. The van der Waals surface area contributed by atoms with Crippen molar-refractivity contribution in [2.75, 3.05) is 13.7 Å². The molecule has 0 aromatic heterocycles. The Kier molecular flexibility index (Phi) is 5.63. The van der Waals surface area contributed by atoms with Crippen LogP contribution >= 0.6 is 0 Å². The van der Waals surface area contributed by atoms with Crippen molar-refractivity contribution in [1.29, 1.82) is 0 Å². The predicted octanol–water partition coefficient (Wildman–Crippen LogP) is 3.95. The van der Waals surface area contributed by atoms with Gasteiger partial charge in [-0.05, 0) is 49.6 Å². The van der Waals surface area contributed by atoms with Gasteiger partial charge in [0, 0.05) is 0 Å². The molecule has 23 heavy (non-hydrogen) atoms. The Morgan fingerprint density at radius 2 is 1.83 bits per heavy atom. The summed E-state index contributed by atoms with van der Waals surface area (Å²) < 4.78 is 10.8. The number of aryl methyl sites for hydroxylation is 2. The first-order chi connectivity index (χ1) is 11.0. The highest BCUT2D eigenvalue weighted by Crippen LogP contribution is 2.24. The van der Waals surface area contributed by atoms with Crippen molar-refractivity contribution in [3.05, 3.63) is 59.2 Å². The van der Waals surface area contributed by atoms with Crippen LogP contribution in [0.2, 0.25) is 0 Å². The number of hydrogen-bond donors (Lipinski definition) is 1. The first-order valence-corrected chi connectivity index (χ1v) is 7.58. The third-order valence-electron chi connectivity index (χ3n) is 3.81. The number of benzene rings is 2. The van der Waals surface area contributed by atoms with E-state index < -0.39 is 11.9 Å². The minimum atomic E-state index is -0.848. The van der Waals surface area contributed by atoms with E-state index in [1.54, 1.807) is 31.4 Å². The summed E-state index contributed by atoms with van der Waals surface area (Å²) in [5.41, 5.74) is 2.99. The van der Waals surface area contributed by atoms with Gasteiger partial charge in [-0.15, -0.1) is 0 Å². The van der Waals surface area contributed by atoms with Crippen LogP contribution in [0.1, 0.15) is 29.0 Å². The van der Waals surface area contributed by atoms with E-state index in [0.29, 0.717) is 18.8 Å². The molecule has 0 heterocycles. The lowest BCUT2D eigenvalue weighted by atomic mass is 9.96. The second kappa shape index (κ2) is 7.68. The SMILES string of the molecule is COc1ccc(C(CCOc2ccc(C)cc2C)C(=O)O)cc1. The Bertz CT molecular complexity index is 662. The number of methoxy groups -OCH3 is 1. The molecule has 0 saturated heterocycles. The van der Waals surface area contributed by atoms with Crippen LogP contribution in [0.3, 0.4) is 0 Å². The van der Waals surface area contributed by atoms with Crippen molar-refractivity contribution in [2.45, 2.75) is 26.2 Å². The molecule has 0 radical (unpaired) electrons. The van der Waals surface area contributed by atoms with E-state index in [-0.39, 0.29) is 0 Å². The lowest BCUT2D eigenvalue weighted by Gasteiger charge is -2.15. The number of carbonyl (C=O) groups is 1. The summed E-state index contributed by atoms with van der Waals surface area (Å²) in [6, 6.07) is 13.1. The summed E-state index contributed by atoms with van der Waals surface area (Å²) >= 11 is 0. The number of ether oxygens (including phenoxy) is 2. The van der Waals surface area contributed by atoms with Gasteiger partial charge in [0.15, 0.2) is 0 Å². The lowest BCUT2D eigenvalue weighted by molar-refractivity contribution is -0.139. The Labute approximate surface area is 136 Å². The fourth-order valence-corrected chi connectivity index (χ4v) is 2.52. The van der Waals surface area contributed by atoms with E-state index in [0.717, 1.165) is 16.9 Å². The van der Waals surface area contributed by atoms with Crippen LogP contribution < -0.4 is 9.47 Å². The minimum absolute atomic E-state index is 0.354. The maximum Gasteiger partial charge on any atom is 0.311 e. The van der Waals surface area contributed by atoms with Crippen molar-refractivity contribution in [3.63, 3.8) is 0 Å². The predicted molar refractivity (Wildman–Crippen MR) is 89.4 cm³/mol. The first-order valence-electron chi connectivity index (χ1n) is 7.58.